The Labute approximate surface area is 83.9 Å². The average molecular weight is 206 g/mol. The van der Waals surface area contributed by atoms with Gasteiger partial charge in [0.15, 0.2) is 8.38 Å². The van der Waals surface area contributed by atoms with Crippen LogP contribution in [-0.4, -0.2) is 19.4 Å². The van der Waals surface area contributed by atoms with Gasteiger partial charge in [-0.25, -0.2) is 0 Å². The van der Waals surface area contributed by atoms with Crippen LogP contribution in [0.4, 0.5) is 0 Å². The molecule has 0 aliphatic rings. The van der Waals surface area contributed by atoms with E-state index in [1.54, 1.807) is 0 Å². The summed E-state index contributed by atoms with van der Waals surface area (Å²) in [4.78, 5) is 0. The van der Waals surface area contributed by atoms with E-state index in [-0.39, 0.29) is 0 Å². The average Bonchev–Trinajstić information content (AvgIpc) is 2.16. The van der Waals surface area contributed by atoms with E-state index in [4.69, 9.17) is 9.05 Å². The van der Waals surface area contributed by atoms with Crippen molar-refractivity contribution in [2.45, 2.75) is 46.5 Å². The molecule has 0 fully saturated rings. The Morgan fingerprint density at radius 3 is 2.23 bits per heavy atom. The van der Waals surface area contributed by atoms with Crippen molar-refractivity contribution in [1.82, 2.24) is 0 Å². The summed E-state index contributed by atoms with van der Waals surface area (Å²) in [5.74, 6) is 0. The molecule has 1 unspecified atom stereocenters. The van der Waals surface area contributed by atoms with E-state index < -0.39 is 8.38 Å². The first-order valence-corrected chi connectivity index (χ1v) is 6.74. The van der Waals surface area contributed by atoms with Crippen LogP contribution in [0.3, 0.4) is 0 Å². The van der Waals surface area contributed by atoms with Crippen LogP contribution in [0.25, 0.3) is 0 Å². The minimum atomic E-state index is -0.579. The number of hydrogen-bond acceptors (Lipinski definition) is 2. The summed E-state index contributed by atoms with van der Waals surface area (Å²) in [6, 6.07) is 0. The highest BCUT2D eigenvalue weighted by atomic mass is 31.2. The van der Waals surface area contributed by atoms with Crippen molar-refractivity contribution in [2.75, 3.05) is 19.4 Å². The smallest absolute Gasteiger partial charge is 0.170 e. The molecule has 0 N–H and O–H groups in total. The van der Waals surface area contributed by atoms with Crippen molar-refractivity contribution in [1.29, 1.82) is 0 Å². The zero-order chi connectivity index (χ0) is 9.94. The van der Waals surface area contributed by atoms with Gasteiger partial charge in [0.2, 0.25) is 0 Å². The number of rotatable bonds is 9. The predicted molar refractivity (Wildman–Crippen MR) is 59.2 cm³/mol. The molecule has 80 valence electrons. The van der Waals surface area contributed by atoms with E-state index in [1.165, 1.54) is 25.7 Å². The summed E-state index contributed by atoms with van der Waals surface area (Å²) in [5, 5.41) is 0. The second-order valence-corrected chi connectivity index (χ2v) is 4.77. The lowest BCUT2D eigenvalue weighted by Crippen LogP contribution is -1.95. The zero-order valence-electron chi connectivity index (χ0n) is 9.21. The summed E-state index contributed by atoms with van der Waals surface area (Å²) in [6.45, 7) is 8.01. The topological polar surface area (TPSA) is 18.5 Å². The first kappa shape index (κ1) is 13.4. The molecule has 0 aromatic heterocycles. The molecule has 0 aliphatic heterocycles. The van der Waals surface area contributed by atoms with Gasteiger partial charge in [-0.1, -0.05) is 33.1 Å². The van der Waals surface area contributed by atoms with Crippen molar-refractivity contribution in [3.05, 3.63) is 0 Å². The van der Waals surface area contributed by atoms with Crippen molar-refractivity contribution in [3.8, 4) is 0 Å². The standard InChI is InChI=1S/C10H23O2P/c1-4-7-8-9-10-12-13(6-3)11-5-2/h4-10H2,1-3H3. The summed E-state index contributed by atoms with van der Waals surface area (Å²) in [5.41, 5.74) is 0. The van der Waals surface area contributed by atoms with Crippen LogP contribution in [0.15, 0.2) is 0 Å². The van der Waals surface area contributed by atoms with E-state index >= 15 is 0 Å². The van der Waals surface area contributed by atoms with Gasteiger partial charge in [-0.3, -0.25) is 0 Å². The van der Waals surface area contributed by atoms with E-state index in [0.717, 1.165) is 19.4 Å². The van der Waals surface area contributed by atoms with Gasteiger partial charge < -0.3 is 9.05 Å². The first-order chi connectivity index (χ1) is 6.35. The second kappa shape index (κ2) is 10.4. The maximum atomic E-state index is 5.62. The van der Waals surface area contributed by atoms with Gasteiger partial charge in [-0.15, -0.1) is 0 Å². The predicted octanol–water partition coefficient (Wildman–Crippen LogP) is 3.95. The van der Waals surface area contributed by atoms with E-state index in [2.05, 4.69) is 13.8 Å². The lowest BCUT2D eigenvalue weighted by atomic mass is 10.2. The molecule has 0 aromatic carbocycles. The Morgan fingerprint density at radius 2 is 1.69 bits per heavy atom. The van der Waals surface area contributed by atoms with E-state index in [1.807, 2.05) is 6.92 Å². The van der Waals surface area contributed by atoms with Gasteiger partial charge in [0.05, 0.1) is 13.2 Å². The molecular weight excluding hydrogens is 183 g/mol. The Hall–Kier alpha value is 0.350. The molecule has 3 heteroatoms. The molecule has 0 saturated heterocycles. The third-order valence-electron chi connectivity index (χ3n) is 1.76. The molecule has 0 aromatic rings. The summed E-state index contributed by atoms with van der Waals surface area (Å²) < 4.78 is 11.1. The van der Waals surface area contributed by atoms with Crippen LogP contribution in [0.5, 0.6) is 0 Å². The minimum absolute atomic E-state index is 0.579. The van der Waals surface area contributed by atoms with E-state index in [0.29, 0.717) is 0 Å². The Morgan fingerprint density at radius 1 is 0.923 bits per heavy atom. The Bertz CT molecular complexity index is 98.9. The van der Waals surface area contributed by atoms with Crippen LogP contribution in [-0.2, 0) is 9.05 Å². The molecule has 0 heterocycles. The van der Waals surface area contributed by atoms with Gasteiger partial charge in [0, 0.05) is 6.16 Å². The monoisotopic (exact) mass is 206 g/mol. The fraction of sp³-hybridized carbons (Fsp3) is 1.00. The largest absolute Gasteiger partial charge is 0.334 e. The zero-order valence-corrected chi connectivity index (χ0v) is 10.1. The van der Waals surface area contributed by atoms with Crippen molar-refractivity contribution >= 4 is 8.38 Å². The number of hydrogen-bond donors (Lipinski definition) is 0. The van der Waals surface area contributed by atoms with Crippen LogP contribution in [0.1, 0.15) is 46.5 Å². The highest BCUT2D eigenvalue weighted by Gasteiger charge is 2.04. The van der Waals surface area contributed by atoms with Gasteiger partial charge in [-0.2, -0.15) is 0 Å². The molecule has 0 bridgehead atoms. The van der Waals surface area contributed by atoms with Crippen LogP contribution in [0.2, 0.25) is 0 Å². The van der Waals surface area contributed by atoms with Crippen LogP contribution < -0.4 is 0 Å². The maximum absolute atomic E-state index is 5.62. The van der Waals surface area contributed by atoms with Crippen molar-refractivity contribution in [2.24, 2.45) is 0 Å². The van der Waals surface area contributed by atoms with Crippen LogP contribution >= 0.6 is 8.38 Å². The quantitative estimate of drug-likeness (QED) is 0.420. The Balaban J connectivity index is 3.17. The van der Waals surface area contributed by atoms with Gasteiger partial charge >= 0.3 is 0 Å². The second-order valence-electron chi connectivity index (χ2n) is 2.96. The molecule has 1 atom stereocenters. The molecule has 0 rings (SSSR count). The molecule has 0 aliphatic carbocycles. The fourth-order valence-electron chi connectivity index (χ4n) is 1.06. The highest BCUT2D eigenvalue weighted by Crippen LogP contribution is 2.37. The molecule has 0 radical (unpaired) electrons. The van der Waals surface area contributed by atoms with E-state index in [9.17, 15) is 0 Å². The van der Waals surface area contributed by atoms with Crippen molar-refractivity contribution in [3.63, 3.8) is 0 Å². The summed E-state index contributed by atoms with van der Waals surface area (Å²) in [7, 11) is -0.579. The third kappa shape index (κ3) is 8.67. The van der Waals surface area contributed by atoms with Crippen LogP contribution in [0, 0.1) is 0 Å². The highest BCUT2D eigenvalue weighted by molar-refractivity contribution is 7.47. The first-order valence-electron chi connectivity index (χ1n) is 5.38. The molecule has 13 heavy (non-hydrogen) atoms. The Kier molecular flexibility index (Phi) is 10.7. The summed E-state index contributed by atoms with van der Waals surface area (Å²) in [6.07, 6.45) is 6.09. The lowest BCUT2D eigenvalue weighted by molar-refractivity contribution is 0.254. The maximum Gasteiger partial charge on any atom is 0.170 e. The lowest BCUT2D eigenvalue weighted by Gasteiger charge is -2.14. The minimum Gasteiger partial charge on any atom is -0.334 e. The number of unbranched alkanes of at least 4 members (excludes halogenated alkanes) is 3. The van der Waals surface area contributed by atoms with Crippen molar-refractivity contribution < 1.29 is 9.05 Å². The summed E-state index contributed by atoms with van der Waals surface area (Å²) >= 11 is 0. The van der Waals surface area contributed by atoms with Gasteiger partial charge in [-0.05, 0) is 13.3 Å². The molecule has 2 nitrogen and oxygen atoms in total. The fourth-order valence-corrected chi connectivity index (χ4v) is 2.12. The van der Waals surface area contributed by atoms with Gasteiger partial charge in [0.25, 0.3) is 0 Å². The third-order valence-corrected chi connectivity index (χ3v) is 3.30. The molecular formula is C10H23O2P. The van der Waals surface area contributed by atoms with Gasteiger partial charge in [0.1, 0.15) is 0 Å². The molecule has 0 amide bonds. The SMILES string of the molecule is CCCCCCOP(CC)OCC. The normalized spacial score (nSPS) is 13.2. The molecule has 0 spiro atoms. The molecule has 0 saturated carbocycles.